The molecular formula is C35H39NO5. The Bertz CT molecular complexity index is 1310. The molecule has 6 heteroatoms. The molecular weight excluding hydrogens is 514 g/mol. The van der Waals surface area contributed by atoms with Gasteiger partial charge in [0.15, 0.2) is 11.5 Å². The van der Waals surface area contributed by atoms with Gasteiger partial charge in [-0.2, -0.15) is 5.26 Å². The first-order chi connectivity index (χ1) is 20.0. The van der Waals surface area contributed by atoms with Gasteiger partial charge in [0.05, 0.1) is 23.8 Å². The molecule has 0 aliphatic carbocycles. The highest BCUT2D eigenvalue weighted by Gasteiger charge is 2.22. The summed E-state index contributed by atoms with van der Waals surface area (Å²) in [5.41, 5.74) is 2.76. The predicted octanol–water partition coefficient (Wildman–Crippen LogP) is 8.17. The molecule has 0 amide bonds. The lowest BCUT2D eigenvalue weighted by molar-refractivity contribution is -0.129. The Labute approximate surface area is 243 Å². The second-order valence-corrected chi connectivity index (χ2v) is 9.89. The van der Waals surface area contributed by atoms with E-state index >= 15 is 0 Å². The maximum Gasteiger partial charge on any atom is 0.343 e. The molecule has 0 N–H and O–H groups in total. The second kappa shape index (κ2) is 17.3. The van der Waals surface area contributed by atoms with Crippen molar-refractivity contribution in [2.45, 2.75) is 71.1 Å². The number of esters is 2. The fraction of sp³-hybridized carbons (Fsp3) is 0.343. The van der Waals surface area contributed by atoms with Gasteiger partial charge in [-0.15, -0.1) is 0 Å². The van der Waals surface area contributed by atoms with Gasteiger partial charge in [0.2, 0.25) is 5.75 Å². The molecule has 0 aliphatic heterocycles. The van der Waals surface area contributed by atoms with Crippen LogP contribution in [0.4, 0.5) is 0 Å². The molecule has 0 saturated heterocycles. The minimum absolute atomic E-state index is 0.174. The highest BCUT2D eigenvalue weighted by atomic mass is 16.6. The smallest absolute Gasteiger partial charge is 0.343 e. The maximum absolute atomic E-state index is 13.1. The summed E-state index contributed by atoms with van der Waals surface area (Å²) in [5.74, 6) is -0.527. The van der Waals surface area contributed by atoms with Gasteiger partial charge in [0.25, 0.3) is 0 Å². The molecule has 214 valence electrons. The van der Waals surface area contributed by atoms with E-state index in [0.29, 0.717) is 30.6 Å². The summed E-state index contributed by atoms with van der Waals surface area (Å²) < 4.78 is 17.6. The largest absolute Gasteiger partial charge is 0.486 e. The molecule has 0 fully saturated rings. The van der Waals surface area contributed by atoms with E-state index < -0.39 is 11.9 Å². The van der Waals surface area contributed by atoms with Gasteiger partial charge >= 0.3 is 11.9 Å². The van der Waals surface area contributed by atoms with Gasteiger partial charge in [0, 0.05) is 6.08 Å². The lowest BCUT2D eigenvalue weighted by Crippen LogP contribution is -2.13. The number of hydrogen-bond acceptors (Lipinski definition) is 6. The Morgan fingerprint density at radius 3 is 2.15 bits per heavy atom. The van der Waals surface area contributed by atoms with E-state index in [1.807, 2.05) is 18.2 Å². The van der Waals surface area contributed by atoms with Crippen LogP contribution in [0.1, 0.15) is 85.3 Å². The highest BCUT2D eigenvalue weighted by Crippen LogP contribution is 2.42. The van der Waals surface area contributed by atoms with E-state index in [9.17, 15) is 9.59 Å². The number of carbonyl (C=O) groups is 2. The number of nitrogens with zero attached hydrogens (tertiary/aromatic N) is 1. The van der Waals surface area contributed by atoms with Crippen LogP contribution in [-0.2, 0) is 17.6 Å². The molecule has 0 unspecified atom stereocenters. The number of benzene rings is 3. The van der Waals surface area contributed by atoms with Crippen LogP contribution in [-0.4, -0.2) is 18.5 Å². The summed E-state index contributed by atoms with van der Waals surface area (Å²) in [6.45, 7) is 6.10. The van der Waals surface area contributed by atoms with E-state index in [-0.39, 0.29) is 17.2 Å². The zero-order valence-corrected chi connectivity index (χ0v) is 23.9. The van der Waals surface area contributed by atoms with Crippen LogP contribution in [0.25, 0.3) is 0 Å². The van der Waals surface area contributed by atoms with Crippen molar-refractivity contribution in [2.75, 3.05) is 6.61 Å². The molecule has 41 heavy (non-hydrogen) atoms. The van der Waals surface area contributed by atoms with Gasteiger partial charge in [-0.05, 0) is 60.7 Å². The van der Waals surface area contributed by atoms with Crippen molar-refractivity contribution in [3.8, 4) is 23.3 Å². The van der Waals surface area contributed by atoms with Gasteiger partial charge < -0.3 is 14.2 Å². The normalized spacial score (nSPS) is 10.4. The molecule has 6 nitrogen and oxygen atoms in total. The minimum Gasteiger partial charge on any atom is -0.486 e. The lowest BCUT2D eigenvalue weighted by Gasteiger charge is -2.19. The number of carbonyl (C=O) groups excluding carboxylic acids is 2. The molecule has 0 aliphatic rings. The summed E-state index contributed by atoms with van der Waals surface area (Å²) in [5, 5.41) is 9.10. The quantitative estimate of drug-likeness (QED) is 0.0725. The third-order valence-electron chi connectivity index (χ3n) is 6.75. The molecule has 0 bridgehead atoms. The van der Waals surface area contributed by atoms with Crippen molar-refractivity contribution in [3.05, 3.63) is 102 Å². The summed E-state index contributed by atoms with van der Waals surface area (Å²) in [4.78, 5) is 25.3. The number of unbranched alkanes of at least 4 members (excludes halogenated alkanes) is 7. The van der Waals surface area contributed by atoms with Crippen LogP contribution in [0, 0.1) is 11.3 Å². The third-order valence-corrected chi connectivity index (χ3v) is 6.75. The van der Waals surface area contributed by atoms with Crippen molar-refractivity contribution in [2.24, 2.45) is 0 Å². The fourth-order valence-corrected chi connectivity index (χ4v) is 4.42. The molecule has 3 aromatic carbocycles. The van der Waals surface area contributed by atoms with Crippen LogP contribution in [0.15, 0.2) is 79.4 Å². The van der Waals surface area contributed by atoms with Crippen LogP contribution in [0.3, 0.4) is 0 Å². The number of rotatable bonds is 17. The van der Waals surface area contributed by atoms with Crippen LogP contribution >= 0.6 is 0 Å². The summed E-state index contributed by atoms with van der Waals surface area (Å²) in [6, 6.07) is 21.7. The molecule has 0 atom stereocenters. The Morgan fingerprint density at radius 1 is 0.805 bits per heavy atom. The second-order valence-electron chi connectivity index (χ2n) is 9.89. The minimum atomic E-state index is -0.632. The number of ether oxygens (including phenoxy) is 3. The number of hydrogen-bond donors (Lipinski definition) is 0. The van der Waals surface area contributed by atoms with Crippen molar-refractivity contribution in [1.29, 1.82) is 5.26 Å². The number of nitriles is 1. The highest BCUT2D eigenvalue weighted by molar-refractivity contribution is 5.92. The van der Waals surface area contributed by atoms with E-state index in [1.165, 1.54) is 32.1 Å². The zero-order valence-electron chi connectivity index (χ0n) is 23.9. The Balaban J connectivity index is 1.84. The van der Waals surface area contributed by atoms with E-state index in [2.05, 4.69) is 19.6 Å². The van der Waals surface area contributed by atoms with Gasteiger partial charge in [-0.1, -0.05) is 94.8 Å². The van der Waals surface area contributed by atoms with Crippen LogP contribution in [0.2, 0.25) is 0 Å². The molecule has 0 heterocycles. The average Bonchev–Trinajstić information content (AvgIpc) is 3.01. The fourth-order valence-electron chi connectivity index (χ4n) is 4.42. The molecule has 3 rings (SSSR count). The monoisotopic (exact) mass is 553 g/mol. The van der Waals surface area contributed by atoms with Crippen molar-refractivity contribution in [3.63, 3.8) is 0 Å². The average molecular weight is 554 g/mol. The predicted molar refractivity (Wildman–Crippen MR) is 160 cm³/mol. The lowest BCUT2D eigenvalue weighted by atomic mass is 10.0. The van der Waals surface area contributed by atoms with Crippen LogP contribution in [0.5, 0.6) is 17.2 Å². The van der Waals surface area contributed by atoms with Gasteiger partial charge in [-0.3, -0.25) is 0 Å². The first-order valence-corrected chi connectivity index (χ1v) is 14.4. The molecule has 0 saturated carbocycles. The summed E-state index contributed by atoms with van der Waals surface area (Å²) >= 11 is 0. The third kappa shape index (κ3) is 10.3. The van der Waals surface area contributed by atoms with Crippen molar-refractivity contribution in [1.82, 2.24) is 0 Å². The van der Waals surface area contributed by atoms with E-state index in [1.54, 1.807) is 48.5 Å². The molecule has 0 spiro atoms. The number of aryl methyl sites for hydroxylation is 2. The zero-order chi connectivity index (χ0) is 29.3. The Kier molecular flexibility index (Phi) is 13.2. The van der Waals surface area contributed by atoms with Gasteiger partial charge in [-0.25, -0.2) is 9.59 Å². The standard InChI is InChI=1S/C35H39NO5/c1-3-5-6-7-8-9-10-14-25-39-34-31(40-32(37)4-2)24-23-29(22-21-27-17-19-28(26-36)20-18-27)33(34)41-35(38)30-15-12-11-13-16-30/h4,11-13,15-20,23-24H,2-3,5-10,14,21-22,25H2,1H3. The Hall–Kier alpha value is -4.37. The maximum atomic E-state index is 13.1. The molecule has 3 aromatic rings. The Morgan fingerprint density at radius 2 is 1.49 bits per heavy atom. The first kappa shape index (κ1) is 31.2. The SMILES string of the molecule is C=CC(=O)Oc1ccc(CCc2ccc(C#N)cc2)c(OC(=O)c2ccccc2)c1OCCCCCCCCCC. The topological polar surface area (TPSA) is 85.6 Å². The summed E-state index contributed by atoms with van der Waals surface area (Å²) in [6.07, 6.45) is 11.5. The van der Waals surface area contributed by atoms with Crippen molar-refractivity contribution < 1.29 is 23.8 Å². The van der Waals surface area contributed by atoms with E-state index in [0.717, 1.165) is 36.5 Å². The van der Waals surface area contributed by atoms with Crippen LogP contribution < -0.4 is 14.2 Å². The van der Waals surface area contributed by atoms with Gasteiger partial charge in [0.1, 0.15) is 0 Å². The summed E-state index contributed by atoms with van der Waals surface area (Å²) in [7, 11) is 0. The van der Waals surface area contributed by atoms with E-state index in [4.69, 9.17) is 19.5 Å². The molecule has 0 aromatic heterocycles. The van der Waals surface area contributed by atoms with Crippen molar-refractivity contribution >= 4 is 11.9 Å². The molecule has 0 radical (unpaired) electrons. The first-order valence-electron chi connectivity index (χ1n) is 14.4.